The number of methoxy groups -OCH3 is 1. The molecule has 0 spiro atoms. The molecule has 2 aromatic heterocycles. The van der Waals surface area contributed by atoms with Crippen molar-refractivity contribution in [2.24, 2.45) is 5.92 Å². The number of nitrogens with one attached hydrogen (secondary N) is 4. The number of nitrogens with zero attached hydrogens (tertiary/aromatic N) is 2. The van der Waals surface area contributed by atoms with Crippen molar-refractivity contribution >= 4 is 28.6 Å². The summed E-state index contributed by atoms with van der Waals surface area (Å²) in [6, 6.07) is 4.89. The van der Waals surface area contributed by atoms with Crippen molar-refractivity contribution < 1.29 is 22.7 Å². The summed E-state index contributed by atoms with van der Waals surface area (Å²) in [6.45, 7) is 2.26. The zero-order chi connectivity index (χ0) is 21.3. The number of aromatic amines is 1. The van der Waals surface area contributed by atoms with Gasteiger partial charge in [-0.3, -0.25) is 5.32 Å². The lowest BCUT2D eigenvalue weighted by atomic mass is 10.0. The van der Waals surface area contributed by atoms with E-state index >= 15 is 0 Å². The maximum absolute atomic E-state index is 13.7. The molecule has 1 aromatic carbocycles. The molecule has 3 aromatic rings. The van der Waals surface area contributed by atoms with Gasteiger partial charge in [0.15, 0.2) is 0 Å². The zero-order valence-corrected chi connectivity index (χ0v) is 15.9. The number of para-hydroxylation sites is 1. The molecule has 1 aliphatic rings. The minimum atomic E-state index is -4.63. The average molecular weight is 420 g/mol. The van der Waals surface area contributed by atoms with Crippen LogP contribution in [-0.4, -0.2) is 47.8 Å². The predicted octanol–water partition coefficient (Wildman–Crippen LogP) is 3.45. The number of ether oxygens (including phenoxy) is 1. The number of hydrogen-bond acceptors (Lipinski definition) is 6. The predicted molar refractivity (Wildman–Crippen MR) is 105 cm³/mol. The van der Waals surface area contributed by atoms with Gasteiger partial charge in [0.05, 0.1) is 24.0 Å². The van der Waals surface area contributed by atoms with E-state index in [1.165, 1.54) is 13.3 Å². The summed E-state index contributed by atoms with van der Waals surface area (Å²) in [5.74, 6) is 0.516. The summed E-state index contributed by atoms with van der Waals surface area (Å²) in [5, 5.41) is 9.15. The van der Waals surface area contributed by atoms with Crippen LogP contribution in [0, 0.1) is 5.92 Å². The molecule has 8 nitrogen and oxygen atoms in total. The van der Waals surface area contributed by atoms with Gasteiger partial charge in [-0.2, -0.15) is 13.2 Å². The van der Waals surface area contributed by atoms with Crippen molar-refractivity contribution in [2.45, 2.75) is 6.18 Å². The second-order valence-corrected chi connectivity index (χ2v) is 6.91. The number of aromatic nitrogens is 3. The van der Waals surface area contributed by atoms with Crippen molar-refractivity contribution in [3.8, 4) is 11.3 Å². The van der Waals surface area contributed by atoms with Crippen molar-refractivity contribution in [1.82, 2.24) is 20.3 Å². The molecule has 0 saturated carbocycles. The third kappa shape index (κ3) is 3.88. The average Bonchev–Trinajstić information content (AvgIpc) is 3.11. The summed E-state index contributed by atoms with van der Waals surface area (Å²) in [5.41, 5.74) is -0.0934. The van der Waals surface area contributed by atoms with Crippen LogP contribution in [0.1, 0.15) is 5.56 Å². The van der Waals surface area contributed by atoms with E-state index in [9.17, 15) is 18.0 Å². The minimum absolute atomic E-state index is 0.128. The molecule has 1 saturated heterocycles. The lowest BCUT2D eigenvalue weighted by Crippen LogP contribution is -2.45. The second-order valence-electron chi connectivity index (χ2n) is 6.91. The molecule has 0 unspecified atom stereocenters. The minimum Gasteiger partial charge on any atom is -0.453 e. The van der Waals surface area contributed by atoms with Gasteiger partial charge in [-0.05, 0) is 6.07 Å². The van der Waals surface area contributed by atoms with E-state index < -0.39 is 17.8 Å². The van der Waals surface area contributed by atoms with Gasteiger partial charge in [0.1, 0.15) is 5.56 Å². The molecule has 1 aliphatic heterocycles. The summed E-state index contributed by atoms with van der Waals surface area (Å²) in [6.07, 6.45) is -3.09. The fourth-order valence-corrected chi connectivity index (χ4v) is 3.22. The SMILES string of the molecule is COC(=O)Nc1cccc2c(-c3nc(NCC4CNC4)ncc3C(F)(F)F)c[nH]c12. The molecule has 158 valence electrons. The number of amides is 1. The first kappa shape index (κ1) is 20.0. The Balaban J connectivity index is 1.76. The first-order valence-electron chi connectivity index (χ1n) is 9.21. The molecule has 30 heavy (non-hydrogen) atoms. The van der Waals surface area contributed by atoms with Gasteiger partial charge in [-0.1, -0.05) is 12.1 Å². The molecule has 11 heteroatoms. The highest BCUT2D eigenvalue weighted by Gasteiger charge is 2.36. The van der Waals surface area contributed by atoms with Crippen molar-refractivity contribution in [3.05, 3.63) is 36.2 Å². The number of hydrogen-bond donors (Lipinski definition) is 4. The third-order valence-electron chi connectivity index (χ3n) is 4.90. The number of anilines is 2. The van der Waals surface area contributed by atoms with Crippen molar-refractivity contribution in [2.75, 3.05) is 37.4 Å². The Morgan fingerprint density at radius 2 is 2.13 bits per heavy atom. The number of rotatable bonds is 5. The maximum Gasteiger partial charge on any atom is 0.419 e. The quantitative estimate of drug-likeness (QED) is 0.504. The second kappa shape index (κ2) is 7.82. The van der Waals surface area contributed by atoms with Gasteiger partial charge in [-0.15, -0.1) is 0 Å². The molecular weight excluding hydrogens is 401 g/mol. The number of benzene rings is 1. The van der Waals surface area contributed by atoms with E-state index in [-0.39, 0.29) is 17.2 Å². The van der Waals surface area contributed by atoms with Crippen LogP contribution < -0.4 is 16.0 Å². The summed E-state index contributed by atoms with van der Waals surface area (Å²) >= 11 is 0. The van der Waals surface area contributed by atoms with Crippen molar-refractivity contribution in [3.63, 3.8) is 0 Å². The van der Waals surface area contributed by atoms with Crippen molar-refractivity contribution in [1.29, 1.82) is 0 Å². The Bertz CT molecular complexity index is 1080. The van der Waals surface area contributed by atoms with E-state index in [1.807, 2.05) is 0 Å². The Kier molecular flexibility index (Phi) is 5.20. The third-order valence-corrected chi connectivity index (χ3v) is 4.90. The van der Waals surface area contributed by atoms with E-state index in [0.29, 0.717) is 29.1 Å². The molecule has 4 N–H and O–H groups in total. The van der Waals surface area contributed by atoms with Crippen LogP contribution in [-0.2, 0) is 10.9 Å². The lowest BCUT2D eigenvalue weighted by molar-refractivity contribution is -0.137. The number of alkyl halides is 3. The molecule has 0 radical (unpaired) electrons. The normalized spacial score (nSPS) is 14.4. The Morgan fingerprint density at radius 3 is 2.80 bits per heavy atom. The fraction of sp³-hybridized carbons (Fsp3) is 0.316. The monoisotopic (exact) mass is 420 g/mol. The standard InChI is InChI=1S/C19H19F3N6O2/c1-30-18(29)27-14-4-2-3-11-12(8-24-16(11)14)15-13(19(20,21)22)9-26-17(28-15)25-7-10-5-23-6-10/h2-4,8-10,23-24H,5-7H2,1H3,(H,27,29)(H,25,26,28). The number of carbonyl (C=O) groups excluding carboxylic acids is 1. The molecule has 0 aliphatic carbocycles. The van der Waals surface area contributed by atoms with Gasteiger partial charge in [-0.25, -0.2) is 14.8 Å². The number of H-pyrrole nitrogens is 1. The van der Waals surface area contributed by atoms with Gasteiger partial charge in [0, 0.05) is 48.9 Å². The van der Waals surface area contributed by atoms with E-state index in [1.54, 1.807) is 18.2 Å². The van der Waals surface area contributed by atoms with Crippen LogP contribution in [0.2, 0.25) is 0 Å². The van der Waals surface area contributed by atoms with Crippen LogP contribution >= 0.6 is 0 Å². The van der Waals surface area contributed by atoms with Crippen LogP contribution in [0.25, 0.3) is 22.2 Å². The van der Waals surface area contributed by atoms with Crippen LogP contribution in [0.4, 0.5) is 29.6 Å². The summed E-state index contributed by atoms with van der Waals surface area (Å²) < 4.78 is 45.6. The molecule has 1 amide bonds. The highest BCUT2D eigenvalue weighted by atomic mass is 19.4. The van der Waals surface area contributed by atoms with Gasteiger partial charge >= 0.3 is 12.3 Å². The van der Waals surface area contributed by atoms with Crippen LogP contribution in [0.3, 0.4) is 0 Å². The summed E-state index contributed by atoms with van der Waals surface area (Å²) in [4.78, 5) is 22.5. The summed E-state index contributed by atoms with van der Waals surface area (Å²) in [7, 11) is 1.22. The van der Waals surface area contributed by atoms with Gasteiger partial charge in [0.2, 0.25) is 5.95 Å². The van der Waals surface area contributed by atoms with E-state index in [4.69, 9.17) is 0 Å². The number of halogens is 3. The van der Waals surface area contributed by atoms with E-state index in [2.05, 4.69) is 35.6 Å². The van der Waals surface area contributed by atoms with Crippen LogP contribution in [0.5, 0.6) is 0 Å². The fourth-order valence-electron chi connectivity index (χ4n) is 3.22. The van der Waals surface area contributed by atoms with Crippen LogP contribution in [0.15, 0.2) is 30.6 Å². The first-order chi connectivity index (χ1) is 14.4. The van der Waals surface area contributed by atoms with Gasteiger partial charge in [0.25, 0.3) is 0 Å². The molecule has 1 fully saturated rings. The number of fused-ring (bicyclic) bond motifs is 1. The molecule has 0 bridgehead atoms. The van der Waals surface area contributed by atoms with Gasteiger partial charge < -0.3 is 20.4 Å². The highest BCUT2D eigenvalue weighted by Crippen LogP contribution is 2.39. The molecule has 3 heterocycles. The zero-order valence-electron chi connectivity index (χ0n) is 15.9. The lowest BCUT2D eigenvalue weighted by Gasteiger charge is -2.27. The molecule has 4 rings (SSSR count). The Labute approximate surface area is 169 Å². The largest absolute Gasteiger partial charge is 0.453 e. The topological polar surface area (TPSA) is 104 Å². The first-order valence-corrected chi connectivity index (χ1v) is 9.21. The smallest absolute Gasteiger partial charge is 0.419 e. The molecular formula is C19H19F3N6O2. The molecule has 0 atom stereocenters. The number of carbonyl (C=O) groups is 1. The van der Waals surface area contributed by atoms with E-state index in [0.717, 1.165) is 19.3 Å². The Hall–Kier alpha value is -3.34. The maximum atomic E-state index is 13.7. The Morgan fingerprint density at radius 1 is 1.33 bits per heavy atom. The highest BCUT2D eigenvalue weighted by molar-refractivity contribution is 6.04.